The zero-order valence-corrected chi connectivity index (χ0v) is 12.4. The van der Waals surface area contributed by atoms with Gasteiger partial charge in [0, 0.05) is 14.2 Å². The fraction of sp³-hybridized carbons (Fsp3) is 0.200. The van der Waals surface area contributed by atoms with Gasteiger partial charge in [0.15, 0.2) is 0 Å². The maximum Gasteiger partial charge on any atom is 0.274 e. The molecule has 2 rings (SSSR count). The van der Waals surface area contributed by atoms with Gasteiger partial charge in [0.25, 0.3) is 10.0 Å². The Morgan fingerprint density at radius 1 is 1.47 bits per heavy atom. The van der Waals surface area contributed by atoms with Crippen LogP contribution in [0, 0.1) is 6.92 Å². The Labute approximate surface area is 112 Å². The van der Waals surface area contributed by atoms with E-state index in [1.165, 1.54) is 24.6 Å². The van der Waals surface area contributed by atoms with Crippen LogP contribution in [0.4, 0.5) is 0 Å². The summed E-state index contributed by atoms with van der Waals surface area (Å²) in [5, 5.41) is -0.0475. The van der Waals surface area contributed by atoms with Crippen molar-refractivity contribution in [3.63, 3.8) is 0 Å². The minimum absolute atomic E-state index is 0.0475. The molecule has 0 spiro atoms. The topological polar surface area (TPSA) is 59.3 Å². The van der Waals surface area contributed by atoms with Gasteiger partial charge in [-0.3, -0.25) is 0 Å². The first-order valence-corrected chi connectivity index (χ1v) is 7.82. The highest BCUT2D eigenvalue weighted by molar-refractivity contribution is 9.10. The van der Waals surface area contributed by atoms with Gasteiger partial charge < -0.3 is 4.42 Å². The maximum atomic E-state index is 11.7. The lowest BCUT2D eigenvalue weighted by molar-refractivity contribution is 0.449. The second kappa shape index (κ2) is 4.56. The standard InChI is InChI=1S/C10H10BrNO3S2/c1-6-8(11)5-9(16-6)7-3-4-15-10(7)17(13,14)12-2/h3-5,12H,1-2H3. The van der Waals surface area contributed by atoms with E-state index >= 15 is 0 Å². The Bertz CT molecular complexity index is 623. The van der Waals surface area contributed by atoms with Crippen molar-refractivity contribution in [2.24, 2.45) is 0 Å². The number of halogens is 1. The van der Waals surface area contributed by atoms with Crippen LogP contribution >= 0.6 is 27.3 Å². The first-order chi connectivity index (χ1) is 7.95. The highest BCUT2D eigenvalue weighted by atomic mass is 79.9. The molecule has 0 aliphatic carbocycles. The number of nitrogens with one attached hydrogen (secondary N) is 1. The summed E-state index contributed by atoms with van der Waals surface area (Å²) in [5.74, 6) is 0. The molecule has 0 aliphatic heterocycles. The molecule has 0 amide bonds. The van der Waals surface area contributed by atoms with Gasteiger partial charge in [-0.05, 0) is 42.0 Å². The molecule has 2 aromatic heterocycles. The minimum Gasteiger partial charge on any atom is -0.451 e. The first kappa shape index (κ1) is 12.8. The lowest BCUT2D eigenvalue weighted by atomic mass is 10.3. The van der Waals surface area contributed by atoms with E-state index in [0.717, 1.165) is 14.2 Å². The fourth-order valence-electron chi connectivity index (χ4n) is 1.37. The summed E-state index contributed by atoms with van der Waals surface area (Å²) < 4.78 is 31.7. The number of furan rings is 1. The smallest absolute Gasteiger partial charge is 0.274 e. The average molecular weight is 336 g/mol. The van der Waals surface area contributed by atoms with Crippen LogP contribution in [0.2, 0.25) is 0 Å². The molecule has 0 radical (unpaired) electrons. The van der Waals surface area contributed by atoms with Gasteiger partial charge in [-0.2, -0.15) is 0 Å². The van der Waals surface area contributed by atoms with Gasteiger partial charge in [-0.15, -0.1) is 11.3 Å². The molecule has 0 saturated carbocycles. The van der Waals surface area contributed by atoms with Crippen molar-refractivity contribution in [2.45, 2.75) is 12.0 Å². The predicted octanol–water partition coefficient (Wildman–Crippen LogP) is 2.99. The van der Waals surface area contributed by atoms with Crippen molar-refractivity contribution in [1.29, 1.82) is 0 Å². The molecule has 0 fully saturated rings. The highest BCUT2D eigenvalue weighted by Crippen LogP contribution is 2.37. The molecule has 0 aliphatic rings. The van der Waals surface area contributed by atoms with Gasteiger partial charge in [0.2, 0.25) is 5.09 Å². The van der Waals surface area contributed by atoms with Crippen LogP contribution in [0.5, 0.6) is 0 Å². The summed E-state index contributed by atoms with van der Waals surface area (Å²) in [6, 6.07) is 3.54. The Hall–Kier alpha value is -0.630. The Morgan fingerprint density at radius 3 is 2.71 bits per heavy atom. The molecule has 4 nitrogen and oxygen atoms in total. The van der Waals surface area contributed by atoms with E-state index in [0.29, 0.717) is 5.56 Å². The monoisotopic (exact) mass is 335 g/mol. The van der Waals surface area contributed by atoms with Crippen molar-refractivity contribution in [1.82, 2.24) is 4.72 Å². The molecular formula is C10H10BrNO3S2. The zero-order valence-electron chi connectivity index (χ0n) is 9.15. The van der Waals surface area contributed by atoms with E-state index in [-0.39, 0.29) is 5.09 Å². The van der Waals surface area contributed by atoms with E-state index in [1.807, 2.05) is 13.0 Å². The summed E-state index contributed by atoms with van der Waals surface area (Å²) in [6.07, 6.45) is 1.38. The molecular weight excluding hydrogens is 326 g/mol. The molecule has 17 heavy (non-hydrogen) atoms. The van der Waals surface area contributed by atoms with Crippen LogP contribution in [0.15, 0.2) is 32.4 Å². The van der Waals surface area contributed by atoms with Crippen LogP contribution in [-0.4, -0.2) is 15.5 Å². The minimum atomic E-state index is -3.56. The van der Waals surface area contributed by atoms with Gasteiger partial charge in [-0.25, -0.2) is 13.1 Å². The molecule has 0 bridgehead atoms. The van der Waals surface area contributed by atoms with Crippen LogP contribution in [0.25, 0.3) is 10.4 Å². The second-order valence-electron chi connectivity index (χ2n) is 3.34. The lowest BCUT2D eigenvalue weighted by Gasteiger charge is -2.00. The average Bonchev–Trinajstić information content (AvgIpc) is 2.87. The number of sulfonamides is 1. The number of hydrogen-bond donors (Lipinski definition) is 1. The number of hydrogen-bond acceptors (Lipinski definition) is 4. The molecule has 2 heterocycles. The van der Waals surface area contributed by atoms with Crippen molar-refractivity contribution in [2.75, 3.05) is 7.05 Å². The lowest BCUT2D eigenvalue weighted by Crippen LogP contribution is -2.18. The molecule has 0 aromatic carbocycles. The summed E-state index contributed by atoms with van der Waals surface area (Å²) in [5.41, 5.74) is 0.582. The van der Waals surface area contributed by atoms with Crippen LogP contribution in [-0.2, 0) is 10.0 Å². The summed E-state index contributed by atoms with van der Waals surface area (Å²) in [6.45, 7) is 1.96. The van der Waals surface area contributed by atoms with Gasteiger partial charge >= 0.3 is 0 Å². The zero-order chi connectivity index (χ0) is 12.6. The van der Waals surface area contributed by atoms with Crippen molar-refractivity contribution >= 4 is 37.3 Å². The molecule has 0 unspecified atom stereocenters. The molecule has 0 saturated heterocycles. The van der Waals surface area contributed by atoms with Gasteiger partial charge in [0.1, 0.15) is 0 Å². The van der Waals surface area contributed by atoms with Gasteiger partial charge in [-0.1, -0.05) is 0 Å². The van der Waals surface area contributed by atoms with E-state index in [2.05, 4.69) is 20.7 Å². The molecule has 7 heteroatoms. The summed E-state index contributed by atoms with van der Waals surface area (Å²) in [7, 11) is -2.20. The number of rotatable bonds is 3. The third kappa shape index (κ3) is 2.33. The quantitative estimate of drug-likeness (QED) is 0.937. The molecule has 92 valence electrons. The Morgan fingerprint density at radius 2 is 2.18 bits per heavy atom. The summed E-state index contributed by atoms with van der Waals surface area (Å²) in [4.78, 5) is 1.95. The summed E-state index contributed by atoms with van der Waals surface area (Å²) >= 11 is 4.92. The third-order valence-electron chi connectivity index (χ3n) is 2.27. The maximum absolute atomic E-state index is 11.7. The largest absolute Gasteiger partial charge is 0.451 e. The SMILES string of the molecule is CNS(=O)(=O)c1occc1-c1cc(Br)c(C)s1. The Balaban J connectivity index is 2.59. The Kier molecular flexibility index (Phi) is 3.44. The first-order valence-electron chi connectivity index (χ1n) is 4.73. The van der Waals surface area contributed by atoms with Crippen LogP contribution < -0.4 is 4.72 Å². The third-order valence-corrected chi connectivity index (χ3v) is 5.78. The normalized spacial score (nSPS) is 11.9. The van der Waals surface area contributed by atoms with E-state index in [9.17, 15) is 8.42 Å². The van der Waals surface area contributed by atoms with Crippen LogP contribution in [0.3, 0.4) is 0 Å². The van der Waals surface area contributed by atoms with E-state index in [4.69, 9.17) is 4.42 Å². The van der Waals surface area contributed by atoms with E-state index in [1.54, 1.807) is 6.07 Å². The molecule has 2 aromatic rings. The second-order valence-corrected chi connectivity index (χ2v) is 7.24. The highest BCUT2D eigenvalue weighted by Gasteiger charge is 2.22. The molecule has 1 N–H and O–H groups in total. The number of aryl methyl sites for hydroxylation is 1. The van der Waals surface area contributed by atoms with Crippen molar-refractivity contribution in [3.8, 4) is 10.4 Å². The number of thiophene rings is 1. The predicted molar refractivity (Wildman–Crippen MR) is 70.7 cm³/mol. The van der Waals surface area contributed by atoms with Crippen molar-refractivity contribution < 1.29 is 12.8 Å². The van der Waals surface area contributed by atoms with E-state index < -0.39 is 10.0 Å². The fourth-order valence-corrected chi connectivity index (χ4v) is 3.83. The van der Waals surface area contributed by atoms with Crippen LogP contribution in [0.1, 0.15) is 4.88 Å². The van der Waals surface area contributed by atoms with Crippen molar-refractivity contribution in [3.05, 3.63) is 27.7 Å². The van der Waals surface area contributed by atoms with Gasteiger partial charge in [0.05, 0.1) is 11.8 Å². The molecule has 0 atom stereocenters.